The van der Waals surface area contributed by atoms with Crippen LogP contribution < -0.4 is 5.73 Å². The average molecular weight is 294 g/mol. The number of halogens is 1. The van der Waals surface area contributed by atoms with Gasteiger partial charge in [0, 0.05) is 31.2 Å². The van der Waals surface area contributed by atoms with E-state index in [4.69, 9.17) is 10.9 Å². The van der Waals surface area contributed by atoms with Gasteiger partial charge in [0.25, 0.3) is 0 Å². The largest absolute Gasteiger partial charge is 0.409 e. The highest BCUT2D eigenvalue weighted by Gasteiger charge is 2.21. The standard InChI is InChI=1S/C15H23FN4O/c1-11-9-19(2)7-4-8-20(11)10-12-5-3-6-13(14(12)16)15(17)18-21/h3,5-6,11,21H,4,7-10H2,1-2H3,(H2,17,18). The molecule has 0 aliphatic carbocycles. The Morgan fingerprint density at radius 1 is 1.48 bits per heavy atom. The molecule has 5 nitrogen and oxygen atoms in total. The zero-order chi connectivity index (χ0) is 15.4. The van der Waals surface area contributed by atoms with Crippen molar-refractivity contribution in [1.82, 2.24) is 9.80 Å². The smallest absolute Gasteiger partial charge is 0.173 e. The maximum Gasteiger partial charge on any atom is 0.173 e. The first-order valence-corrected chi connectivity index (χ1v) is 7.20. The molecule has 0 saturated carbocycles. The predicted octanol–water partition coefficient (Wildman–Crippen LogP) is 1.45. The summed E-state index contributed by atoms with van der Waals surface area (Å²) in [6.07, 6.45) is 1.07. The second-order valence-electron chi connectivity index (χ2n) is 5.70. The maximum atomic E-state index is 14.5. The molecule has 21 heavy (non-hydrogen) atoms. The lowest BCUT2D eigenvalue weighted by Gasteiger charge is -2.28. The van der Waals surface area contributed by atoms with E-state index in [9.17, 15) is 4.39 Å². The van der Waals surface area contributed by atoms with Crippen molar-refractivity contribution >= 4 is 5.84 Å². The van der Waals surface area contributed by atoms with Crippen molar-refractivity contribution in [2.45, 2.75) is 25.9 Å². The number of benzene rings is 1. The average Bonchev–Trinajstić information content (AvgIpc) is 2.61. The molecule has 1 atom stereocenters. The van der Waals surface area contributed by atoms with E-state index in [1.54, 1.807) is 12.1 Å². The number of nitrogens with zero attached hydrogens (tertiary/aromatic N) is 3. The summed E-state index contributed by atoms with van der Waals surface area (Å²) in [5.74, 6) is -0.601. The van der Waals surface area contributed by atoms with Crippen LogP contribution in [0.15, 0.2) is 23.4 Å². The van der Waals surface area contributed by atoms with Gasteiger partial charge in [-0.2, -0.15) is 0 Å². The molecular weight excluding hydrogens is 271 g/mol. The molecule has 0 amide bonds. The summed E-state index contributed by atoms with van der Waals surface area (Å²) in [7, 11) is 2.11. The van der Waals surface area contributed by atoms with Crippen molar-refractivity contribution < 1.29 is 9.60 Å². The molecule has 1 aliphatic rings. The summed E-state index contributed by atoms with van der Waals surface area (Å²) >= 11 is 0. The second-order valence-corrected chi connectivity index (χ2v) is 5.70. The first kappa shape index (κ1) is 15.7. The number of amidine groups is 1. The molecule has 1 aliphatic heterocycles. The van der Waals surface area contributed by atoms with E-state index in [0.717, 1.165) is 26.1 Å². The molecule has 1 fully saturated rings. The third-order valence-corrected chi connectivity index (χ3v) is 4.02. The van der Waals surface area contributed by atoms with Gasteiger partial charge in [-0.05, 0) is 33.0 Å². The van der Waals surface area contributed by atoms with E-state index in [1.807, 2.05) is 0 Å². The summed E-state index contributed by atoms with van der Waals surface area (Å²) in [4.78, 5) is 4.58. The fourth-order valence-corrected chi connectivity index (χ4v) is 2.83. The molecule has 0 bridgehead atoms. The van der Waals surface area contributed by atoms with E-state index in [0.29, 0.717) is 18.2 Å². The van der Waals surface area contributed by atoms with Gasteiger partial charge < -0.3 is 15.8 Å². The van der Waals surface area contributed by atoms with Crippen LogP contribution in [0.5, 0.6) is 0 Å². The van der Waals surface area contributed by atoms with Gasteiger partial charge in [-0.25, -0.2) is 4.39 Å². The monoisotopic (exact) mass is 294 g/mol. The highest BCUT2D eigenvalue weighted by molar-refractivity contribution is 5.97. The Labute approximate surface area is 124 Å². The summed E-state index contributed by atoms with van der Waals surface area (Å²) in [6, 6.07) is 5.38. The van der Waals surface area contributed by atoms with Crippen LogP contribution in [0.1, 0.15) is 24.5 Å². The van der Waals surface area contributed by atoms with Crippen molar-refractivity contribution in [2.75, 3.05) is 26.7 Å². The quantitative estimate of drug-likeness (QED) is 0.383. The van der Waals surface area contributed by atoms with Crippen LogP contribution >= 0.6 is 0 Å². The topological polar surface area (TPSA) is 65.1 Å². The number of oxime groups is 1. The van der Waals surface area contributed by atoms with E-state index in [-0.39, 0.29) is 11.4 Å². The number of nitrogens with two attached hydrogens (primary N) is 1. The van der Waals surface area contributed by atoms with Crippen LogP contribution in [0, 0.1) is 5.82 Å². The highest BCUT2D eigenvalue weighted by atomic mass is 19.1. The Balaban J connectivity index is 2.19. The zero-order valence-electron chi connectivity index (χ0n) is 12.6. The Kier molecular flexibility index (Phi) is 5.14. The summed E-state index contributed by atoms with van der Waals surface area (Å²) in [5, 5.41) is 11.6. The van der Waals surface area contributed by atoms with Crippen molar-refractivity contribution in [3.8, 4) is 0 Å². The Morgan fingerprint density at radius 2 is 2.24 bits per heavy atom. The molecule has 1 aromatic carbocycles. The minimum Gasteiger partial charge on any atom is -0.409 e. The third-order valence-electron chi connectivity index (χ3n) is 4.02. The SMILES string of the molecule is CC1CN(C)CCCN1Cc1cccc(/C(N)=N/O)c1F. The molecule has 6 heteroatoms. The normalized spacial score (nSPS) is 22.2. The van der Waals surface area contributed by atoms with Gasteiger partial charge in [-0.1, -0.05) is 17.3 Å². The summed E-state index contributed by atoms with van der Waals surface area (Å²) < 4.78 is 14.5. The van der Waals surface area contributed by atoms with Gasteiger partial charge in [-0.3, -0.25) is 4.90 Å². The van der Waals surface area contributed by atoms with Gasteiger partial charge >= 0.3 is 0 Å². The van der Waals surface area contributed by atoms with Gasteiger partial charge in [0.2, 0.25) is 0 Å². The molecule has 1 saturated heterocycles. The van der Waals surface area contributed by atoms with Crippen LogP contribution in [0.3, 0.4) is 0 Å². The minimum absolute atomic E-state index is 0.148. The lowest BCUT2D eigenvalue weighted by atomic mass is 10.1. The van der Waals surface area contributed by atoms with Crippen LogP contribution in [0.2, 0.25) is 0 Å². The predicted molar refractivity (Wildman–Crippen MR) is 80.9 cm³/mol. The van der Waals surface area contributed by atoms with Crippen molar-refractivity contribution in [3.63, 3.8) is 0 Å². The lowest BCUT2D eigenvalue weighted by Crippen LogP contribution is -2.37. The van der Waals surface area contributed by atoms with Crippen LogP contribution in [0.4, 0.5) is 4.39 Å². The molecule has 1 unspecified atom stereocenters. The number of hydrogen-bond donors (Lipinski definition) is 2. The highest BCUT2D eigenvalue weighted by Crippen LogP contribution is 2.18. The van der Waals surface area contributed by atoms with Crippen LogP contribution in [0.25, 0.3) is 0 Å². The minimum atomic E-state index is -0.405. The van der Waals surface area contributed by atoms with Crippen molar-refractivity contribution in [1.29, 1.82) is 0 Å². The molecular formula is C15H23FN4O. The van der Waals surface area contributed by atoms with Crippen LogP contribution in [-0.4, -0.2) is 53.6 Å². The molecule has 1 heterocycles. The Hall–Kier alpha value is -1.66. The molecule has 116 valence electrons. The molecule has 0 radical (unpaired) electrons. The van der Waals surface area contributed by atoms with E-state index in [2.05, 4.69) is 28.9 Å². The molecule has 1 aromatic rings. The first-order valence-electron chi connectivity index (χ1n) is 7.20. The molecule has 3 N–H and O–H groups in total. The lowest BCUT2D eigenvalue weighted by molar-refractivity contribution is 0.192. The second kappa shape index (κ2) is 6.87. The van der Waals surface area contributed by atoms with E-state index >= 15 is 0 Å². The molecule has 0 aromatic heterocycles. The van der Waals surface area contributed by atoms with Gasteiger partial charge in [0.15, 0.2) is 5.84 Å². The van der Waals surface area contributed by atoms with E-state index in [1.165, 1.54) is 6.07 Å². The zero-order valence-corrected chi connectivity index (χ0v) is 12.6. The first-order chi connectivity index (χ1) is 10.0. The van der Waals surface area contributed by atoms with Crippen molar-refractivity contribution in [2.24, 2.45) is 10.9 Å². The Bertz CT molecular complexity index is 520. The van der Waals surface area contributed by atoms with Gasteiger partial charge in [0.1, 0.15) is 5.82 Å². The van der Waals surface area contributed by atoms with Crippen molar-refractivity contribution in [3.05, 3.63) is 35.1 Å². The van der Waals surface area contributed by atoms with Gasteiger partial charge in [0.05, 0.1) is 5.56 Å². The summed E-state index contributed by atoms with van der Waals surface area (Å²) in [5.41, 5.74) is 6.23. The third kappa shape index (κ3) is 3.71. The van der Waals surface area contributed by atoms with Crippen LogP contribution in [-0.2, 0) is 6.54 Å². The van der Waals surface area contributed by atoms with E-state index < -0.39 is 5.82 Å². The number of rotatable bonds is 3. The molecule has 0 spiro atoms. The summed E-state index contributed by atoms with van der Waals surface area (Å²) in [6.45, 7) is 5.67. The fraction of sp³-hybridized carbons (Fsp3) is 0.533. The maximum absolute atomic E-state index is 14.5. The fourth-order valence-electron chi connectivity index (χ4n) is 2.83. The number of hydrogen-bond acceptors (Lipinski definition) is 4. The molecule has 2 rings (SSSR count). The Morgan fingerprint density at radius 3 is 2.95 bits per heavy atom. The van der Waals surface area contributed by atoms with Gasteiger partial charge in [-0.15, -0.1) is 0 Å². The number of likely N-dealkylation sites (N-methyl/N-ethyl adjacent to an activating group) is 1.